The first-order chi connectivity index (χ1) is 54.0. The van der Waals surface area contributed by atoms with Gasteiger partial charge in [0.25, 0.3) is 5.91 Å². The van der Waals surface area contributed by atoms with E-state index in [1.54, 1.807) is 140 Å². The second-order valence-corrected chi connectivity index (χ2v) is 29.2. The van der Waals surface area contributed by atoms with Crippen LogP contribution in [0.15, 0.2) is 193 Å². The van der Waals surface area contributed by atoms with Gasteiger partial charge in [-0.25, -0.2) is 24.0 Å². The summed E-state index contributed by atoms with van der Waals surface area (Å²) in [4.78, 5) is 171. The van der Waals surface area contributed by atoms with E-state index in [2.05, 4.69) is 37.2 Å². The van der Waals surface area contributed by atoms with Gasteiger partial charge >= 0.3 is 42.2 Å². The fraction of sp³-hybridized carbons (Fsp3) is 0.405. The van der Waals surface area contributed by atoms with Crippen LogP contribution in [0.5, 0.6) is 0 Å². The highest BCUT2D eigenvalue weighted by atomic mass is 16.6. The number of benzene rings is 6. The Labute approximate surface area is 653 Å². The maximum absolute atomic E-state index is 16.1. The average molecular weight is 1550 g/mol. The summed E-state index contributed by atoms with van der Waals surface area (Å²) in [5, 5.41) is 45.3. The first-order valence-electron chi connectivity index (χ1n) is 37.3. The van der Waals surface area contributed by atoms with E-state index in [9.17, 15) is 58.2 Å². The number of ketones is 1. The standard InChI is InChI=1S/C84H95N7O22/c1-50-62(46-84(105)71(112-76(100)59-38-24-13-25-39-59)69-82(7,63(94)45-64-83(69,49-108-64)113-53(4)93)70(95)67(109-52(3)92)65(50)81(84,5)6)110-77(101)68(66(57-34-20-11-21-35-57)91-73(97)58-36-22-12-23-37-58)111-79(103)87-43-42-85-74(98)60(40-26-27-41-86-78(102)106-47-55-30-16-9-17-31-55)89-75(99)61(44-54-28-14-8-15-29-54)90-72(96)51(2)88-80(104)107-48-56-32-18-10-19-33-56/h8-25,28-39,51,60-64,66-69,71,94,105H,26-27,40-49H2,1-7H3,(H,85,98)(H,86,102)(H,87,103)(H,88,104)(H,89,99)(H,90,96)(H,91,97)/t51-,60+,61+,62+,63+,64-,66+,67-,68-,69+,71+,82-,83+,84-/m1/s1. The second-order valence-electron chi connectivity index (χ2n) is 29.2. The van der Waals surface area contributed by atoms with E-state index in [-0.39, 0.29) is 86.2 Å². The number of rotatable bonds is 31. The molecule has 29 nitrogen and oxygen atoms in total. The Kier molecular flexibility index (Phi) is 27.7. The molecule has 0 aromatic heterocycles. The predicted molar refractivity (Wildman–Crippen MR) is 405 cm³/mol. The lowest BCUT2D eigenvalue weighted by atomic mass is 9.44. The molecule has 9 N–H and O–H groups in total. The molecule has 6 aromatic rings. The number of nitrogens with one attached hydrogen (secondary N) is 7. The summed E-state index contributed by atoms with van der Waals surface area (Å²) in [6.07, 6.45) is -14.3. The molecule has 3 aliphatic carbocycles. The first-order valence-corrected chi connectivity index (χ1v) is 37.3. The van der Waals surface area contributed by atoms with E-state index >= 15 is 9.59 Å². The number of carbonyl (C=O) groups is 12. The normalized spacial score (nSPS) is 23.1. The van der Waals surface area contributed by atoms with Gasteiger partial charge in [0.2, 0.25) is 23.8 Å². The summed E-state index contributed by atoms with van der Waals surface area (Å²) >= 11 is 0. The minimum atomic E-state index is -2.60. The molecule has 7 amide bonds. The van der Waals surface area contributed by atoms with Crippen LogP contribution >= 0.6 is 0 Å². The molecule has 1 heterocycles. The summed E-state index contributed by atoms with van der Waals surface area (Å²) in [5.74, 6) is -9.99. The molecule has 2 saturated carbocycles. The van der Waals surface area contributed by atoms with E-state index < -0.39 is 180 Å². The minimum absolute atomic E-state index is 0.0131. The van der Waals surface area contributed by atoms with Gasteiger partial charge < -0.3 is 85.3 Å². The summed E-state index contributed by atoms with van der Waals surface area (Å²) in [6, 6.07) is 44.5. The third-order valence-corrected chi connectivity index (χ3v) is 21.3. The van der Waals surface area contributed by atoms with Crippen LogP contribution in [0.2, 0.25) is 0 Å². The number of carbonyl (C=O) groups excluding carboxylic acids is 12. The van der Waals surface area contributed by atoms with Crippen LogP contribution in [0.25, 0.3) is 0 Å². The molecule has 2 bridgehead atoms. The molecule has 14 atom stereocenters. The van der Waals surface area contributed by atoms with E-state index in [0.717, 1.165) is 19.4 Å². The van der Waals surface area contributed by atoms with Crippen molar-refractivity contribution < 1.29 is 106 Å². The van der Waals surface area contributed by atoms with Crippen molar-refractivity contribution in [2.24, 2.45) is 16.7 Å². The van der Waals surface area contributed by atoms with Gasteiger partial charge in [0.05, 0.1) is 29.6 Å². The molecule has 1 saturated heterocycles. The van der Waals surface area contributed by atoms with E-state index in [0.29, 0.717) is 11.1 Å². The van der Waals surface area contributed by atoms with Crippen molar-refractivity contribution in [2.45, 2.75) is 172 Å². The fourth-order valence-corrected chi connectivity index (χ4v) is 15.3. The Hall–Kier alpha value is -11.8. The lowest BCUT2D eigenvalue weighted by Crippen LogP contribution is -2.82. The molecule has 598 valence electrons. The molecule has 0 unspecified atom stereocenters. The maximum Gasteiger partial charge on any atom is 0.408 e. The summed E-state index contributed by atoms with van der Waals surface area (Å²) in [6.45, 7) is 8.18. The Morgan fingerprint density at radius 2 is 1.12 bits per heavy atom. The third-order valence-electron chi connectivity index (χ3n) is 21.3. The number of esters is 4. The fourth-order valence-electron chi connectivity index (χ4n) is 15.3. The van der Waals surface area contributed by atoms with Gasteiger partial charge in [-0.1, -0.05) is 172 Å². The number of hydrogen-bond acceptors (Lipinski definition) is 22. The predicted octanol–water partition coefficient (Wildman–Crippen LogP) is 7.21. The van der Waals surface area contributed by atoms with Gasteiger partial charge in [-0.3, -0.25) is 33.6 Å². The van der Waals surface area contributed by atoms with Crippen LogP contribution in [-0.4, -0.2) is 174 Å². The van der Waals surface area contributed by atoms with Crippen LogP contribution in [0.1, 0.15) is 130 Å². The molecule has 0 spiro atoms. The third kappa shape index (κ3) is 19.9. The Balaban J connectivity index is 0.925. The zero-order chi connectivity index (χ0) is 81.2. The van der Waals surface area contributed by atoms with Gasteiger partial charge in [0, 0.05) is 63.7 Å². The summed E-state index contributed by atoms with van der Waals surface area (Å²) < 4.78 is 48.0. The molecular formula is C84H95N7O22. The van der Waals surface area contributed by atoms with Crippen LogP contribution in [-0.2, 0) is 91.1 Å². The molecule has 0 radical (unpaired) electrons. The maximum atomic E-state index is 16.1. The zero-order valence-corrected chi connectivity index (χ0v) is 63.7. The number of aliphatic hydroxyl groups excluding tert-OH is 1. The van der Waals surface area contributed by atoms with Crippen molar-refractivity contribution in [1.29, 1.82) is 0 Å². The highest BCUT2D eigenvalue weighted by molar-refractivity contribution is 5.97. The topological polar surface area (TPSA) is 403 Å². The molecule has 3 fully saturated rings. The van der Waals surface area contributed by atoms with Crippen LogP contribution < -0.4 is 37.2 Å². The Bertz CT molecular complexity index is 4430. The van der Waals surface area contributed by atoms with Crippen molar-refractivity contribution in [1.82, 2.24) is 37.2 Å². The number of ether oxygens (including phenoxy) is 8. The molecule has 113 heavy (non-hydrogen) atoms. The van der Waals surface area contributed by atoms with Gasteiger partial charge in [-0.05, 0) is 97.7 Å². The molecule has 10 rings (SSSR count). The number of fused-ring (bicyclic) bond motifs is 5. The van der Waals surface area contributed by atoms with Crippen LogP contribution in [0.4, 0.5) is 14.4 Å². The van der Waals surface area contributed by atoms with Crippen molar-refractivity contribution >= 4 is 71.6 Å². The first kappa shape index (κ1) is 83.6. The smallest absolute Gasteiger partial charge is 0.408 e. The van der Waals surface area contributed by atoms with Gasteiger partial charge in [0.15, 0.2) is 17.5 Å². The van der Waals surface area contributed by atoms with E-state index in [4.69, 9.17) is 37.9 Å². The highest BCUT2D eigenvalue weighted by Crippen LogP contribution is 2.64. The monoisotopic (exact) mass is 1550 g/mol. The zero-order valence-electron chi connectivity index (χ0n) is 63.7. The number of Topliss-reactive ketones (excluding diaryl/α,β-unsaturated/α-hetero) is 1. The number of hydrogen-bond donors (Lipinski definition) is 9. The quantitative estimate of drug-likeness (QED) is 0.00898. The summed E-state index contributed by atoms with van der Waals surface area (Å²) in [5.41, 5.74) is -6.28. The second kappa shape index (κ2) is 37.5. The highest BCUT2D eigenvalue weighted by Gasteiger charge is 2.78. The number of aliphatic hydroxyl groups is 2. The Morgan fingerprint density at radius 1 is 0.575 bits per heavy atom. The number of unbranched alkanes of at least 4 members (excludes halogenated alkanes) is 1. The van der Waals surface area contributed by atoms with Crippen LogP contribution in [0, 0.1) is 16.7 Å². The van der Waals surface area contributed by atoms with Crippen molar-refractivity contribution in [2.75, 3.05) is 26.2 Å². The van der Waals surface area contributed by atoms with Crippen molar-refractivity contribution in [3.63, 3.8) is 0 Å². The van der Waals surface area contributed by atoms with Crippen LogP contribution in [0.3, 0.4) is 0 Å². The van der Waals surface area contributed by atoms with Gasteiger partial charge in [-0.2, -0.15) is 0 Å². The van der Waals surface area contributed by atoms with E-state index in [1.807, 2.05) is 6.07 Å². The molecule has 29 heteroatoms. The molecular weight excluding hydrogens is 1460 g/mol. The van der Waals surface area contributed by atoms with Gasteiger partial charge in [-0.15, -0.1) is 0 Å². The lowest BCUT2D eigenvalue weighted by molar-refractivity contribution is -0.346. The number of alkyl carbamates (subject to hydrolysis) is 3. The lowest BCUT2D eigenvalue weighted by Gasteiger charge is -2.67. The van der Waals surface area contributed by atoms with E-state index in [1.165, 1.54) is 71.0 Å². The minimum Gasteiger partial charge on any atom is -0.455 e. The van der Waals surface area contributed by atoms with Gasteiger partial charge in [0.1, 0.15) is 61.3 Å². The molecule has 1 aliphatic heterocycles. The summed E-state index contributed by atoms with van der Waals surface area (Å²) in [7, 11) is 0. The van der Waals surface area contributed by atoms with Crippen molar-refractivity contribution in [3.8, 4) is 0 Å². The number of amides is 7. The average Bonchev–Trinajstić information content (AvgIpc) is 0.668. The van der Waals surface area contributed by atoms with Crippen molar-refractivity contribution in [3.05, 3.63) is 227 Å². The largest absolute Gasteiger partial charge is 0.455 e. The SMILES string of the molecule is CC(=O)O[C@H]1C(=O)[C@@]2(C)[C@H]([C@H](OC(=O)c3ccccc3)[C@]3(O)C[C@H](OC(=O)[C@H](OC(=O)NCCNC(=O)[C@H](CCCCNC(=O)OCc4ccccc4)NC(=O)[C@H](Cc4ccccc4)NC(=O)[C@@H](C)NC(=O)OCc4ccccc4)[C@@H](NC(=O)c4ccccc4)c4ccccc4)C(C)=C1C3(C)C)[C@]1(OC(C)=O)CO[C@@H]1C[C@@H]2O. The molecule has 6 aromatic carbocycles. The molecule has 4 aliphatic rings. The Morgan fingerprint density at radius 3 is 1.69 bits per heavy atom.